The third kappa shape index (κ3) is 4.63. The van der Waals surface area contributed by atoms with Gasteiger partial charge in [0.15, 0.2) is 14.9 Å². The first-order valence-electron chi connectivity index (χ1n) is 10.3. The largest absolute Gasteiger partial charge is 0.489 e. The number of nitrogens with zero attached hydrogens (tertiary/aromatic N) is 1. The molecule has 2 heterocycles. The summed E-state index contributed by atoms with van der Waals surface area (Å²) in [6.45, 7) is 3.94. The fraction of sp³-hybridized carbons (Fsp3) is 0.750. The Labute approximate surface area is 162 Å². The van der Waals surface area contributed by atoms with Crippen molar-refractivity contribution >= 4 is 9.84 Å². The molecular formula is C20H30N2O4S. The molecule has 2 saturated carbocycles. The van der Waals surface area contributed by atoms with Gasteiger partial charge >= 0.3 is 0 Å². The molecule has 0 unspecified atom stereocenters. The van der Waals surface area contributed by atoms with Gasteiger partial charge in [0.1, 0.15) is 5.75 Å². The second-order valence-electron chi connectivity index (χ2n) is 8.08. The summed E-state index contributed by atoms with van der Waals surface area (Å²) in [5.74, 6) is 0.701. The molecule has 2 aliphatic carbocycles. The molecule has 1 aromatic rings. The van der Waals surface area contributed by atoms with Crippen molar-refractivity contribution in [3.8, 4) is 5.75 Å². The quantitative estimate of drug-likeness (QED) is 0.799. The molecule has 0 radical (unpaired) electrons. The average molecular weight is 395 g/mol. The lowest BCUT2D eigenvalue weighted by Crippen LogP contribution is -2.37. The van der Waals surface area contributed by atoms with Gasteiger partial charge in [0.05, 0.1) is 29.3 Å². The summed E-state index contributed by atoms with van der Waals surface area (Å²) in [6, 6.07) is 3.37. The van der Waals surface area contributed by atoms with Gasteiger partial charge in [-0.3, -0.25) is 0 Å². The highest BCUT2D eigenvalue weighted by Gasteiger charge is 2.38. The standard InChI is InChI=1S/C20H30N2O4S/c1-14-19(8-9-20(22-14)27(23,24)18-6-7-18)26-16-4-2-15(3-5-16)25-17-10-12-21-13-11-17/h8-9,15-18,21H,2-7,10-13H2,1H3. The van der Waals surface area contributed by atoms with Gasteiger partial charge in [0, 0.05) is 0 Å². The minimum atomic E-state index is -3.25. The van der Waals surface area contributed by atoms with E-state index < -0.39 is 9.84 Å². The molecule has 0 atom stereocenters. The molecule has 27 heavy (non-hydrogen) atoms. The van der Waals surface area contributed by atoms with E-state index in [0.717, 1.165) is 64.5 Å². The Balaban J connectivity index is 1.30. The predicted octanol–water partition coefficient (Wildman–Crippen LogP) is 2.78. The summed E-state index contributed by atoms with van der Waals surface area (Å²) in [4.78, 5) is 4.32. The number of aromatic nitrogens is 1. The van der Waals surface area contributed by atoms with Crippen LogP contribution in [0.25, 0.3) is 0 Å². The van der Waals surface area contributed by atoms with E-state index in [2.05, 4.69) is 10.3 Å². The highest BCUT2D eigenvalue weighted by molar-refractivity contribution is 7.92. The van der Waals surface area contributed by atoms with Crippen LogP contribution >= 0.6 is 0 Å². The van der Waals surface area contributed by atoms with Crippen LogP contribution in [-0.2, 0) is 14.6 Å². The van der Waals surface area contributed by atoms with Crippen LogP contribution in [0.3, 0.4) is 0 Å². The molecule has 1 N–H and O–H groups in total. The lowest BCUT2D eigenvalue weighted by molar-refractivity contribution is -0.0549. The van der Waals surface area contributed by atoms with E-state index >= 15 is 0 Å². The highest BCUT2D eigenvalue weighted by atomic mass is 32.2. The van der Waals surface area contributed by atoms with E-state index in [1.165, 1.54) is 0 Å². The van der Waals surface area contributed by atoms with Crippen molar-refractivity contribution in [3.63, 3.8) is 0 Å². The SMILES string of the molecule is Cc1nc(S(=O)(=O)C2CC2)ccc1OC1CCC(OC2CCNCC2)CC1. The predicted molar refractivity (Wildman–Crippen MR) is 103 cm³/mol. The van der Waals surface area contributed by atoms with Crippen LogP contribution in [0, 0.1) is 6.92 Å². The van der Waals surface area contributed by atoms with Crippen LogP contribution in [0.1, 0.15) is 57.1 Å². The number of piperidine rings is 1. The Hall–Kier alpha value is -1.18. The normalized spacial score (nSPS) is 27.4. The Bertz CT molecular complexity index is 749. The first-order valence-corrected chi connectivity index (χ1v) is 11.8. The van der Waals surface area contributed by atoms with Crippen molar-refractivity contribution in [2.75, 3.05) is 13.1 Å². The minimum Gasteiger partial charge on any atom is -0.489 e. The van der Waals surface area contributed by atoms with Crippen LogP contribution in [0.4, 0.5) is 0 Å². The lowest BCUT2D eigenvalue weighted by atomic mass is 9.94. The fourth-order valence-corrected chi connectivity index (χ4v) is 5.65. The van der Waals surface area contributed by atoms with Gasteiger partial charge < -0.3 is 14.8 Å². The monoisotopic (exact) mass is 394 g/mol. The smallest absolute Gasteiger partial charge is 0.198 e. The molecule has 7 heteroatoms. The maximum absolute atomic E-state index is 12.3. The van der Waals surface area contributed by atoms with Crippen molar-refractivity contribution < 1.29 is 17.9 Å². The van der Waals surface area contributed by atoms with E-state index in [9.17, 15) is 8.42 Å². The molecule has 0 amide bonds. The van der Waals surface area contributed by atoms with Gasteiger partial charge in [-0.15, -0.1) is 0 Å². The number of nitrogens with one attached hydrogen (secondary N) is 1. The summed E-state index contributed by atoms with van der Waals surface area (Å²) in [5, 5.41) is 3.33. The third-order valence-corrected chi connectivity index (χ3v) is 8.01. The van der Waals surface area contributed by atoms with E-state index in [1.54, 1.807) is 12.1 Å². The van der Waals surface area contributed by atoms with E-state index in [1.807, 2.05) is 6.92 Å². The van der Waals surface area contributed by atoms with Crippen LogP contribution in [0.15, 0.2) is 17.2 Å². The molecule has 3 fully saturated rings. The highest BCUT2D eigenvalue weighted by Crippen LogP contribution is 2.34. The second-order valence-corrected chi connectivity index (χ2v) is 10.3. The molecule has 0 aromatic carbocycles. The zero-order valence-corrected chi connectivity index (χ0v) is 16.8. The fourth-order valence-electron chi connectivity index (χ4n) is 4.03. The van der Waals surface area contributed by atoms with E-state index in [-0.39, 0.29) is 16.4 Å². The molecule has 1 aromatic heterocycles. The number of hydrogen-bond acceptors (Lipinski definition) is 6. The van der Waals surface area contributed by atoms with Gasteiger partial charge in [-0.1, -0.05) is 0 Å². The minimum absolute atomic E-state index is 0.157. The number of ether oxygens (including phenoxy) is 2. The molecule has 0 spiro atoms. The van der Waals surface area contributed by atoms with Crippen LogP contribution in [0.2, 0.25) is 0 Å². The molecule has 4 rings (SSSR count). The Morgan fingerprint density at radius 3 is 2.19 bits per heavy atom. The first-order chi connectivity index (χ1) is 13.0. The number of rotatable bonds is 6. The van der Waals surface area contributed by atoms with Gasteiger partial charge in [-0.2, -0.15) is 0 Å². The van der Waals surface area contributed by atoms with Gasteiger partial charge in [0.25, 0.3) is 0 Å². The average Bonchev–Trinajstić information content (AvgIpc) is 3.51. The molecule has 1 saturated heterocycles. The zero-order valence-electron chi connectivity index (χ0n) is 16.0. The Kier molecular flexibility index (Phi) is 5.71. The molecular weight excluding hydrogens is 364 g/mol. The maximum atomic E-state index is 12.3. The van der Waals surface area contributed by atoms with Crippen LogP contribution in [0.5, 0.6) is 5.75 Å². The van der Waals surface area contributed by atoms with E-state index in [0.29, 0.717) is 23.7 Å². The Morgan fingerprint density at radius 2 is 1.56 bits per heavy atom. The molecule has 3 aliphatic rings. The van der Waals surface area contributed by atoms with Gasteiger partial charge in [-0.25, -0.2) is 13.4 Å². The number of sulfone groups is 1. The molecule has 1 aliphatic heterocycles. The number of pyridine rings is 1. The summed E-state index contributed by atoms with van der Waals surface area (Å²) < 4.78 is 37.1. The first kappa shape index (κ1) is 19.2. The molecule has 0 bridgehead atoms. The second kappa shape index (κ2) is 8.05. The van der Waals surface area contributed by atoms with Gasteiger partial charge in [0.2, 0.25) is 0 Å². The summed E-state index contributed by atoms with van der Waals surface area (Å²) >= 11 is 0. The van der Waals surface area contributed by atoms with Crippen molar-refractivity contribution in [2.45, 2.75) is 86.9 Å². The summed E-state index contributed by atoms with van der Waals surface area (Å²) in [5.41, 5.74) is 0.657. The van der Waals surface area contributed by atoms with Crippen molar-refractivity contribution in [2.24, 2.45) is 0 Å². The topological polar surface area (TPSA) is 77.5 Å². The van der Waals surface area contributed by atoms with Crippen molar-refractivity contribution in [3.05, 3.63) is 17.8 Å². The summed E-state index contributed by atoms with van der Waals surface area (Å²) in [6.07, 6.45) is 8.62. The van der Waals surface area contributed by atoms with Crippen LogP contribution in [-0.4, -0.2) is 50.1 Å². The van der Waals surface area contributed by atoms with Crippen molar-refractivity contribution in [1.29, 1.82) is 0 Å². The summed E-state index contributed by atoms with van der Waals surface area (Å²) in [7, 11) is -3.25. The van der Waals surface area contributed by atoms with Gasteiger partial charge in [-0.05, 0) is 83.5 Å². The van der Waals surface area contributed by atoms with E-state index in [4.69, 9.17) is 9.47 Å². The van der Waals surface area contributed by atoms with Crippen molar-refractivity contribution in [1.82, 2.24) is 10.3 Å². The Morgan fingerprint density at radius 1 is 0.926 bits per heavy atom. The maximum Gasteiger partial charge on any atom is 0.198 e. The molecule has 150 valence electrons. The third-order valence-electron chi connectivity index (χ3n) is 5.85. The zero-order chi connectivity index (χ0) is 18.9. The molecule has 6 nitrogen and oxygen atoms in total. The lowest BCUT2D eigenvalue weighted by Gasteiger charge is -2.33. The number of aryl methyl sites for hydroxylation is 1. The number of hydrogen-bond donors (Lipinski definition) is 1. The van der Waals surface area contributed by atoms with Crippen LogP contribution < -0.4 is 10.1 Å².